The Hall–Kier alpha value is -1.66. The molecule has 0 unspecified atom stereocenters. The molecule has 4 N–H and O–H groups in total. The van der Waals surface area contributed by atoms with Gasteiger partial charge in [0.25, 0.3) is 0 Å². The van der Waals surface area contributed by atoms with Crippen LogP contribution < -0.4 is 11.1 Å². The van der Waals surface area contributed by atoms with Crippen LogP contribution in [-0.2, 0) is 4.79 Å². The van der Waals surface area contributed by atoms with Crippen molar-refractivity contribution in [1.82, 2.24) is 4.90 Å². The van der Waals surface area contributed by atoms with Crippen LogP contribution in [-0.4, -0.2) is 42.2 Å². The highest BCUT2D eigenvalue weighted by Crippen LogP contribution is 2.18. The number of nitrogens with one attached hydrogen (secondary N) is 1. The van der Waals surface area contributed by atoms with Crippen molar-refractivity contribution in [1.29, 1.82) is 0 Å². The van der Waals surface area contributed by atoms with Crippen LogP contribution in [0, 0.1) is 5.82 Å². The molecule has 1 amide bonds. The first kappa shape index (κ1) is 15.4. The summed E-state index contributed by atoms with van der Waals surface area (Å²) in [5, 5.41) is 11.4. The second kappa shape index (κ2) is 7.70. The van der Waals surface area contributed by atoms with Gasteiger partial charge in [-0.15, -0.1) is 0 Å². The van der Waals surface area contributed by atoms with Crippen molar-refractivity contribution in [3.63, 3.8) is 0 Å². The van der Waals surface area contributed by atoms with Gasteiger partial charge in [0.15, 0.2) is 0 Å². The Balaban J connectivity index is 2.54. The maximum absolute atomic E-state index is 12.9. The Morgan fingerprint density at radius 2 is 2.26 bits per heavy atom. The number of hydrogen-bond acceptors (Lipinski definition) is 4. The lowest BCUT2D eigenvalue weighted by Gasteiger charge is -2.19. The molecule has 5 nitrogen and oxygen atoms in total. The predicted octanol–water partition coefficient (Wildman–Crippen LogP) is 1.05. The first-order chi connectivity index (χ1) is 9.06. The van der Waals surface area contributed by atoms with Crippen LogP contribution in [0.15, 0.2) is 18.2 Å². The van der Waals surface area contributed by atoms with Gasteiger partial charge in [-0.3, -0.25) is 9.69 Å². The summed E-state index contributed by atoms with van der Waals surface area (Å²) in [5.41, 5.74) is 6.22. The van der Waals surface area contributed by atoms with Gasteiger partial charge in [-0.05, 0) is 31.2 Å². The van der Waals surface area contributed by atoms with Gasteiger partial charge < -0.3 is 16.2 Å². The maximum atomic E-state index is 12.9. The SMILES string of the molecule is CCN(CCCO)CC(=O)Nc1ccc(F)cc1N. The van der Waals surface area contributed by atoms with Crippen molar-refractivity contribution >= 4 is 17.3 Å². The standard InChI is InChI=1S/C13H20FN3O2/c1-2-17(6-3-7-18)9-13(19)16-12-5-4-10(14)8-11(12)15/h4-5,8,18H,2-3,6-7,9,15H2,1H3,(H,16,19). The molecule has 0 atom stereocenters. The highest BCUT2D eigenvalue weighted by atomic mass is 19.1. The molecule has 0 saturated heterocycles. The van der Waals surface area contributed by atoms with E-state index in [1.165, 1.54) is 18.2 Å². The molecule has 0 spiro atoms. The number of aliphatic hydroxyl groups excluding tert-OH is 1. The van der Waals surface area contributed by atoms with E-state index in [2.05, 4.69) is 5.32 Å². The van der Waals surface area contributed by atoms with Gasteiger partial charge in [-0.2, -0.15) is 0 Å². The van der Waals surface area contributed by atoms with E-state index in [9.17, 15) is 9.18 Å². The Bertz CT molecular complexity index is 426. The highest BCUT2D eigenvalue weighted by molar-refractivity contribution is 5.95. The van der Waals surface area contributed by atoms with E-state index in [0.29, 0.717) is 25.2 Å². The minimum absolute atomic E-state index is 0.100. The number of carbonyl (C=O) groups is 1. The van der Waals surface area contributed by atoms with Crippen molar-refractivity contribution in [3.8, 4) is 0 Å². The van der Waals surface area contributed by atoms with Crippen molar-refractivity contribution in [2.24, 2.45) is 0 Å². The highest BCUT2D eigenvalue weighted by Gasteiger charge is 2.10. The van der Waals surface area contributed by atoms with Crippen molar-refractivity contribution < 1.29 is 14.3 Å². The van der Waals surface area contributed by atoms with E-state index >= 15 is 0 Å². The van der Waals surface area contributed by atoms with Crippen LogP contribution in [0.5, 0.6) is 0 Å². The Morgan fingerprint density at radius 3 is 2.84 bits per heavy atom. The van der Waals surface area contributed by atoms with Gasteiger partial charge in [-0.25, -0.2) is 4.39 Å². The zero-order valence-electron chi connectivity index (χ0n) is 11.0. The summed E-state index contributed by atoms with van der Waals surface area (Å²) in [6, 6.07) is 3.85. The van der Waals surface area contributed by atoms with Crippen LogP contribution in [0.3, 0.4) is 0 Å². The van der Waals surface area contributed by atoms with E-state index in [4.69, 9.17) is 10.8 Å². The Labute approximate surface area is 112 Å². The number of nitrogens with zero attached hydrogens (tertiary/aromatic N) is 1. The fourth-order valence-corrected chi connectivity index (χ4v) is 1.68. The van der Waals surface area contributed by atoms with Gasteiger partial charge in [0.2, 0.25) is 5.91 Å². The monoisotopic (exact) mass is 269 g/mol. The Kier molecular flexibility index (Phi) is 6.24. The van der Waals surface area contributed by atoms with Gasteiger partial charge in [0.05, 0.1) is 17.9 Å². The van der Waals surface area contributed by atoms with E-state index in [1.54, 1.807) is 0 Å². The molecule has 1 aromatic carbocycles. The summed E-state index contributed by atoms with van der Waals surface area (Å²) in [6.07, 6.45) is 0.625. The average Bonchev–Trinajstić information content (AvgIpc) is 2.38. The normalized spacial score (nSPS) is 10.7. The zero-order valence-corrected chi connectivity index (χ0v) is 11.0. The van der Waals surface area contributed by atoms with E-state index in [1.807, 2.05) is 11.8 Å². The summed E-state index contributed by atoms with van der Waals surface area (Å²) in [4.78, 5) is 13.7. The van der Waals surface area contributed by atoms with Crippen molar-refractivity contribution in [2.45, 2.75) is 13.3 Å². The van der Waals surface area contributed by atoms with Crippen LogP contribution in [0.25, 0.3) is 0 Å². The average molecular weight is 269 g/mol. The number of benzene rings is 1. The molecule has 0 aliphatic carbocycles. The second-order valence-electron chi connectivity index (χ2n) is 4.23. The lowest BCUT2D eigenvalue weighted by Crippen LogP contribution is -2.34. The van der Waals surface area contributed by atoms with Crippen LogP contribution >= 0.6 is 0 Å². The third-order valence-corrected chi connectivity index (χ3v) is 2.73. The summed E-state index contributed by atoms with van der Waals surface area (Å²) in [5.74, 6) is -0.647. The number of nitrogen functional groups attached to an aromatic ring is 1. The van der Waals surface area contributed by atoms with E-state index in [-0.39, 0.29) is 24.7 Å². The number of halogens is 1. The molecule has 0 radical (unpaired) electrons. The summed E-state index contributed by atoms with van der Waals surface area (Å²) < 4.78 is 12.9. The van der Waals surface area contributed by atoms with Crippen molar-refractivity contribution in [2.75, 3.05) is 37.3 Å². The first-order valence-electron chi connectivity index (χ1n) is 6.25. The smallest absolute Gasteiger partial charge is 0.238 e. The molecule has 19 heavy (non-hydrogen) atoms. The number of likely N-dealkylation sites (N-methyl/N-ethyl adjacent to an activating group) is 1. The molecule has 0 aliphatic heterocycles. The minimum Gasteiger partial charge on any atom is -0.397 e. The summed E-state index contributed by atoms with van der Waals surface area (Å²) in [7, 11) is 0. The second-order valence-corrected chi connectivity index (χ2v) is 4.23. The summed E-state index contributed by atoms with van der Waals surface area (Å²) in [6.45, 7) is 3.62. The van der Waals surface area contributed by atoms with Gasteiger partial charge in [0.1, 0.15) is 5.82 Å². The summed E-state index contributed by atoms with van der Waals surface area (Å²) >= 11 is 0. The fourth-order valence-electron chi connectivity index (χ4n) is 1.68. The Morgan fingerprint density at radius 1 is 1.53 bits per heavy atom. The fraction of sp³-hybridized carbons (Fsp3) is 0.462. The lowest BCUT2D eigenvalue weighted by atomic mass is 10.2. The number of amides is 1. The molecule has 0 aromatic heterocycles. The number of rotatable bonds is 7. The largest absolute Gasteiger partial charge is 0.397 e. The van der Waals surface area contributed by atoms with Crippen LogP contribution in [0.1, 0.15) is 13.3 Å². The van der Waals surface area contributed by atoms with Gasteiger partial charge in [0, 0.05) is 13.2 Å². The number of aliphatic hydroxyl groups is 1. The predicted molar refractivity (Wildman–Crippen MR) is 73.3 cm³/mol. The van der Waals surface area contributed by atoms with E-state index in [0.717, 1.165) is 0 Å². The third-order valence-electron chi connectivity index (χ3n) is 2.73. The number of anilines is 2. The van der Waals surface area contributed by atoms with Crippen LogP contribution in [0.4, 0.5) is 15.8 Å². The zero-order chi connectivity index (χ0) is 14.3. The van der Waals surface area contributed by atoms with Crippen LogP contribution in [0.2, 0.25) is 0 Å². The molecular weight excluding hydrogens is 249 g/mol. The lowest BCUT2D eigenvalue weighted by molar-refractivity contribution is -0.117. The molecule has 1 aromatic rings. The third kappa shape index (κ3) is 5.23. The van der Waals surface area contributed by atoms with Crippen molar-refractivity contribution in [3.05, 3.63) is 24.0 Å². The molecule has 0 fully saturated rings. The molecular formula is C13H20FN3O2. The molecule has 1 rings (SSSR count). The van der Waals surface area contributed by atoms with Gasteiger partial charge >= 0.3 is 0 Å². The molecule has 0 heterocycles. The number of hydrogen-bond donors (Lipinski definition) is 3. The molecule has 0 aliphatic rings. The number of carbonyl (C=O) groups excluding carboxylic acids is 1. The maximum Gasteiger partial charge on any atom is 0.238 e. The molecule has 106 valence electrons. The number of nitrogens with two attached hydrogens (primary N) is 1. The molecule has 6 heteroatoms. The van der Waals surface area contributed by atoms with E-state index < -0.39 is 5.82 Å². The minimum atomic E-state index is -0.436. The quantitative estimate of drug-likeness (QED) is 0.647. The first-order valence-corrected chi connectivity index (χ1v) is 6.25. The molecule has 0 saturated carbocycles. The molecule has 0 bridgehead atoms. The van der Waals surface area contributed by atoms with Gasteiger partial charge in [-0.1, -0.05) is 6.92 Å². The topological polar surface area (TPSA) is 78.6 Å².